The van der Waals surface area contributed by atoms with Gasteiger partial charge >= 0.3 is 0 Å². The Morgan fingerprint density at radius 2 is 2.15 bits per heavy atom. The molecule has 2 aromatic heterocycles. The first-order valence-electron chi connectivity index (χ1n) is 9.78. The molecule has 2 fully saturated rings. The van der Waals surface area contributed by atoms with Crippen LogP contribution in [0.25, 0.3) is 11.0 Å². The third kappa shape index (κ3) is 3.69. The molecule has 1 atom stereocenters. The molecule has 4 rings (SSSR count). The Bertz CT molecular complexity index is 917. The molecular formula is C19H29N5O2S. The predicted octanol–water partition coefficient (Wildman–Crippen LogP) is 2.44. The van der Waals surface area contributed by atoms with Gasteiger partial charge in [-0.05, 0) is 58.6 Å². The number of sulfone groups is 1. The number of aromatic nitrogens is 3. The lowest BCUT2D eigenvalue weighted by Gasteiger charge is -2.46. The number of nitrogens with zero attached hydrogens (tertiary/aromatic N) is 3. The molecule has 2 N–H and O–H groups in total. The molecule has 0 aromatic carbocycles. The standard InChI is InChI=1S/C19H29N5O2S/c1-13(2)24-7-5-15(10-24)27(25,26)11-14-8-19(3,9-14)23-18-16-4-6-20-17(16)21-12-22-18/h4,6,12-15H,5,7-11H2,1-3H3,(H2,20,21,22,23). The molecule has 27 heavy (non-hydrogen) atoms. The Kier molecular flexibility index (Phi) is 4.66. The monoisotopic (exact) mass is 391 g/mol. The minimum Gasteiger partial charge on any atom is -0.364 e. The Morgan fingerprint density at radius 1 is 1.37 bits per heavy atom. The van der Waals surface area contributed by atoms with Gasteiger partial charge in [-0.25, -0.2) is 18.4 Å². The second-order valence-electron chi connectivity index (χ2n) is 8.75. The smallest absolute Gasteiger partial charge is 0.154 e. The van der Waals surface area contributed by atoms with Gasteiger partial charge in [-0.1, -0.05) is 0 Å². The molecule has 0 radical (unpaired) electrons. The number of hydrogen-bond acceptors (Lipinski definition) is 6. The Labute approximate surface area is 160 Å². The van der Waals surface area contributed by atoms with Gasteiger partial charge in [-0.15, -0.1) is 0 Å². The number of hydrogen-bond donors (Lipinski definition) is 2. The summed E-state index contributed by atoms with van der Waals surface area (Å²) in [7, 11) is -3.04. The minimum absolute atomic E-state index is 0.113. The van der Waals surface area contributed by atoms with Crippen LogP contribution in [0.15, 0.2) is 18.6 Å². The van der Waals surface area contributed by atoms with Gasteiger partial charge in [0, 0.05) is 24.3 Å². The number of fused-ring (bicyclic) bond motifs is 1. The van der Waals surface area contributed by atoms with Gasteiger partial charge in [-0.3, -0.25) is 4.90 Å². The zero-order valence-electron chi connectivity index (χ0n) is 16.3. The lowest BCUT2D eigenvalue weighted by Crippen LogP contribution is -2.50. The van der Waals surface area contributed by atoms with Crippen molar-refractivity contribution in [2.24, 2.45) is 5.92 Å². The fourth-order valence-corrected chi connectivity index (χ4v) is 6.72. The lowest BCUT2D eigenvalue weighted by molar-refractivity contribution is 0.208. The van der Waals surface area contributed by atoms with Crippen molar-refractivity contribution in [1.29, 1.82) is 0 Å². The fourth-order valence-electron chi connectivity index (χ4n) is 4.67. The topological polar surface area (TPSA) is 91.0 Å². The highest BCUT2D eigenvalue weighted by molar-refractivity contribution is 7.92. The van der Waals surface area contributed by atoms with Gasteiger partial charge in [0.05, 0.1) is 16.4 Å². The summed E-state index contributed by atoms with van der Waals surface area (Å²) in [5.41, 5.74) is 0.698. The van der Waals surface area contributed by atoms with E-state index in [0.717, 1.165) is 42.7 Å². The maximum absolute atomic E-state index is 12.8. The van der Waals surface area contributed by atoms with Gasteiger partial charge in [0.25, 0.3) is 0 Å². The summed E-state index contributed by atoms with van der Waals surface area (Å²) in [6.07, 6.45) is 5.87. The van der Waals surface area contributed by atoms with Crippen molar-refractivity contribution in [3.05, 3.63) is 18.6 Å². The molecule has 0 bridgehead atoms. The van der Waals surface area contributed by atoms with Gasteiger partial charge in [-0.2, -0.15) is 0 Å². The average Bonchev–Trinajstić information content (AvgIpc) is 3.23. The molecule has 1 aliphatic carbocycles. The quantitative estimate of drug-likeness (QED) is 0.786. The summed E-state index contributed by atoms with van der Waals surface area (Å²) >= 11 is 0. The highest BCUT2D eigenvalue weighted by Crippen LogP contribution is 2.42. The molecule has 0 spiro atoms. The van der Waals surface area contributed by atoms with Gasteiger partial charge in [0.15, 0.2) is 9.84 Å². The number of aromatic amines is 1. The lowest BCUT2D eigenvalue weighted by atomic mass is 9.70. The molecule has 2 aliphatic rings. The summed E-state index contributed by atoms with van der Waals surface area (Å²) in [5, 5.41) is 4.29. The normalized spacial score (nSPS) is 29.3. The molecule has 3 heterocycles. The highest BCUT2D eigenvalue weighted by Gasteiger charge is 2.44. The summed E-state index contributed by atoms with van der Waals surface area (Å²) in [6.45, 7) is 7.99. The van der Waals surface area contributed by atoms with E-state index in [0.29, 0.717) is 18.3 Å². The SMILES string of the molecule is CC(C)N1CCC(S(=O)(=O)CC2CC(C)(Nc3ncnc4[nH]ccc34)C2)C1. The van der Waals surface area contributed by atoms with E-state index in [2.05, 4.69) is 45.9 Å². The van der Waals surface area contributed by atoms with Crippen LogP contribution in [-0.2, 0) is 9.84 Å². The first-order chi connectivity index (χ1) is 12.8. The van der Waals surface area contributed by atoms with E-state index in [1.165, 1.54) is 0 Å². The molecule has 0 amide bonds. The predicted molar refractivity (Wildman–Crippen MR) is 108 cm³/mol. The molecule has 2 aromatic rings. The van der Waals surface area contributed by atoms with Crippen LogP contribution in [0.2, 0.25) is 0 Å². The zero-order valence-corrected chi connectivity index (χ0v) is 17.1. The molecule has 8 heteroatoms. The Hall–Kier alpha value is -1.67. The summed E-state index contributed by atoms with van der Waals surface area (Å²) in [5.74, 6) is 1.35. The van der Waals surface area contributed by atoms with Crippen LogP contribution in [0.4, 0.5) is 5.82 Å². The van der Waals surface area contributed by atoms with Gasteiger partial charge < -0.3 is 10.3 Å². The second kappa shape index (κ2) is 6.74. The van der Waals surface area contributed by atoms with E-state index in [4.69, 9.17) is 0 Å². The molecule has 1 saturated carbocycles. The van der Waals surface area contributed by atoms with E-state index in [1.54, 1.807) is 6.33 Å². The summed E-state index contributed by atoms with van der Waals surface area (Å²) in [6, 6.07) is 2.38. The molecule has 7 nitrogen and oxygen atoms in total. The first kappa shape index (κ1) is 18.7. The van der Waals surface area contributed by atoms with Crippen LogP contribution in [0.5, 0.6) is 0 Å². The van der Waals surface area contributed by atoms with Crippen molar-refractivity contribution in [3.63, 3.8) is 0 Å². The average molecular weight is 392 g/mol. The Morgan fingerprint density at radius 3 is 2.85 bits per heavy atom. The van der Waals surface area contributed by atoms with E-state index < -0.39 is 9.84 Å². The van der Waals surface area contributed by atoms with Crippen LogP contribution in [0.1, 0.15) is 40.0 Å². The largest absolute Gasteiger partial charge is 0.364 e. The van der Waals surface area contributed by atoms with Crippen LogP contribution >= 0.6 is 0 Å². The van der Waals surface area contributed by atoms with Crippen LogP contribution in [0.3, 0.4) is 0 Å². The van der Waals surface area contributed by atoms with E-state index >= 15 is 0 Å². The van der Waals surface area contributed by atoms with Crippen LogP contribution in [-0.4, -0.2) is 63.9 Å². The van der Waals surface area contributed by atoms with Crippen molar-refractivity contribution >= 4 is 26.7 Å². The van der Waals surface area contributed by atoms with E-state index in [-0.39, 0.29) is 16.7 Å². The Balaban J connectivity index is 1.35. The molecular weight excluding hydrogens is 362 g/mol. The van der Waals surface area contributed by atoms with Gasteiger partial charge in [0.2, 0.25) is 0 Å². The van der Waals surface area contributed by atoms with Crippen molar-refractivity contribution in [3.8, 4) is 0 Å². The number of nitrogens with one attached hydrogen (secondary N) is 2. The third-order valence-electron chi connectivity index (χ3n) is 6.14. The fraction of sp³-hybridized carbons (Fsp3) is 0.684. The number of anilines is 1. The van der Waals surface area contributed by atoms with Gasteiger partial charge in [0.1, 0.15) is 17.8 Å². The van der Waals surface area contributed by atoms with Crippen molar-refractivity contribution < 1.29 is 8.42 Å². The first-order valence-corrected chi connectivity index (χ1v) is 11.5. The highest BCUT2D eigenvalue weighted by atomic mass is 32.2. The maximum Gasteiger partial charge on any atom is 0.154 e. The van der Waals surface area contributed by atoms with E-state index in [9.17, 15) is 8.42 Å². The third-order valence-corrected chi connectivity index (χ3v) is 8.47. The molecule has 1 aliphatic heterocycles. The molecule has 148 valence electrons. The van der Waals surface area contributed by atoms with Crippen molar-refractivity contribution in [2.45, 2.75) is 56.9 Å². The summed E-state index contributed by atoms with van der Waals surface area (Å²) < 4.78 is 25.7. The minimum atomic E-state index is -3.04. The second-order valence-corrected chi connectivity index (χ2v) is 11.1. The maximum atomic E-state index is 12.8. The van der Waals surface area contributed by atoms with Crippen molar-refractivity contribution in [1.82, 2.24) is 19.9 Å². The summed E-state index contributed by atoms with van der Waals surface area (Å²) in [4.78, 5) is 13.9. The van der Waals surface area contributed by atoms with Crippen molar-refractivity contribution in [2.75, 3.05) is 24.2 Å². The molecule has 1 saturated heterocycles. The number of rotatable bonds is 6. The molecule has 1 unspecified atom stereocenters. The van der Waals surface area contributed by atoms with Crippen LogP contribution in [0, 0.1) is 5.92 Å². The zero-order chi connectivity index (χ0) is 19.2. The number of H-pyrrole nitrogens is 1. The number of likely N-dealkylation sites (tertiary alicyclic amines) is 1. The van der Waals surface area contributed by atoms with E-state index in [1.807, 2.05) is 12.3 Å². The van der Waals surface area contributed by atoms with Crippen LogP contribution < -0.4 is 5.32 Å².